The van der Waals surface area contributed by atoms with Crippen LogP contribution >= 0.6 is 0 Å². The number of benzene rings is 4. The summed E-state index contributed by atoms with van der Waals surface area (Å²) in [6.07, 6.45) is 4.13. The zero-order valence-corrected chi connectivity index (χ0v) is 21.4. The molecular weight excluding hydrogens is 474 g/mol. The van der Waals surface area contributed by atoms with Crippen molar-refractivity contribution < 1.29 is 14.9 Å². The van der Waals surface area contributed by atoms with Crippen molar-refractivity contribution in [3.8, 4) is 22.6 Å². The quantitative estimate of drug-likeness (QED) is 0.131. The highest BCUT2D eigenvalue weighted by Gasteiger charge is 2.18. The Morgan fingerprint density at radius 2 is 1.74 bits per heavy atom. The first-order valence-corrected chi connectivity index (χ1v) is 12.9. The van der Waals surface area contributed by atoms with Crippen LogP contribution in [0.25, 0.3) is 17.2 Å². The predicted octanol–water partition coefficient (Wildman–Crippen LogP) is 6.12. The van der Waals surface area contributed by atoms with E-state index >= 15 is 0 Å². The van der Waals surface area contributed by atoms with Gasteiger partial charge in [0.25, 0.3) is 0 Å². The monoisotopic (exact) mass is 507 g/mol. The molecule has 0 unspecified atom stereocenters. The molecule has 0 amide bonds. The van der Waals surface area contributed by atoms with Crippen molar-refractivity contribution in [2.75, 3.05) is 37.4 Å². The molecular formula is C32H33N3O3. The molecule has 0 aromatic heterocycles. The average Bonchev–Trinajstić information content (AvgIpc) is 2.97. The van der Waals surface area contributed by atoms with Gasteiger partial charge in [-0.05, 0) is 66.1 Å². The fourth-order valence-corrected chi connectivity index (χ4v) is 4.75. The van der Waals surface area contributed by atoms with E-state index in [0.717, 1.165) is 52.3 Å². The number of fused-ring (bicyclic) bond motifs is 1. The third kappa shape index (κ3) is 5.83. The minimum Gasteiger partial charge on any atom is -0.506 e. The Balaban J connectivity index is 1.15. The van der Waals surface area contributed by atoms with Gasteiger partial charge >= 0.3 is 0 Å². The van der Waals surface area contributed by atoms with E-state index < -0.39 is 6.10 Å². The molecule has 0 radical (unpaired) electrons. The maximum Gasteiger partial charge on any atom is 0.139 e. The summed E-state index contributed by atoms with van der Waals surface area (Å²) in [5.41, 5.74) is 7.71. The fraction of sp³-hybridized carbons (Fsp3) is 0.188. The maximum atomic E-state index is 10.7. The van der Waals surface area contributed by atoms with E-state index in [1.54, 1.807) is 19.2 Å². The van der Waals surface area contributed by atoms with Crippen molar-refractivity contribution in [1.82, 2.24) is 5.32 Å². The van der Waals surface area contributed by atoms with Crippen molar-refractivity contribution in [1.29, 1.82) is 0 Å². The second-order valence-electron chi connectivity index (χ2n) is 9.32. The van der Waals surface area contributed by atoms with Crippen molar-refractivity contribution >= 4 is 23.1 Å². The normalized spacial score (nSPS) is 12.9. The summed E-state index contributed by atoms with van der Waals surface area (Å²) in [6, 6.07) is 28.2. The summed E-state index contributed by atoms with van der Waals surface area (Å²) >= 11 is 0. The van der Waals surface area contributed by atoms with E-state index in [2.05, 4.69) is 58.4 Å². The third-order valence-electron chi connectivity index (χ3n) is 6.75. The Morgan fingerprint density at radius 1 is 0.947 bits per heavy atom. The SMILES string of the molecule is COc1ccc(Nc2ccc(CCNC[C@H](O)c3ccc(O)c4c3C=CCN4)cc2)cc1-c1ccccc1. The molecule has 0 saturated heterocycles. The van der Waals surface area contributed by atoms with E-state index in [1.807, 2.05) is 42.5 Å². The lowest BCUT2D eigenvalue weighted by molar-refractivity contribution is 0.175. The summed E-state index contributed by atoms with van der Waals surface area (Å²) in [7, 11) is 1.69. The van der Waals surface area contributed by atoms with Gasteiger partial charge < -0.3 is 30.9 Å². The minimum atomic E-state index is -0.661. The van der Waals surface area contributed by atoms with Gasteiger partial charge in [-0.2, -0.15) is 0 Å². The van der Waals surface area contributed by atoms with Crippen LogP contribution in [0.2, 0.25) is 0 Å². The zero-order chi connectivity index (χ0) is 26.3. The largest absolute Gasteiger partial charge is 0.506 e. The van der Waals surface area contributed by atoms with Crippen LogP contribution in [0.4, 0.5) is 17.1 Å². The van der Waals surface area contributed by atoms with Gasteiger partial charge in [0, 0.05) is 35.6 Å². The van der Waals surface area contributed by atoms with Crippen molar-refractivity contribution in [3.05, 3.63) is 108 Å². The van der Waals surface area contributed by atoms with Gasteiger partial charge in [0.05, 0.1) is 18.9 Å². The number of phenols is 1. The van der Waals surface area contributed by atoms with E-state index in [9.17, 15) is 10.2 Å². The molecule has 4 aromatic carbocycles. The van der Waals surface area contributed by atoms with Crippen LogP contribution in [0.3, 0.4) is 0 Å². The van der Waals surface area contributed by atoms with Gasteiger partial charge in [-0.3, -0.25) is 0 Å². The number of nitrogens with one attached hydrogen (secondary N) is 3. The van der Waals surface area contributed by atoms with Crippen LogP contribution < -0.4 is 20.7 Å². The Kier molecular flexibility index (Phi) is 7.92. The summed E-state index contributed by atoms with van der Waals surface area (Å²) in [6.45, 7) is 1.85. The molecule has 1 atom stereocenters. The molecule has 38 heavy (non-hydrogen) atoms. The second kappa shape index (κ2) is 11.9. The Morgan fingerprint density at radius 3 is 2.53 bits per heavy atom. The number of anilines is 3. The number of aliphatic hydroxyl groups excluding tert-OH is 1. The lowest BCUT2D eigenvalue weighted by Crippen LogP contribution is -2.24. The van der Waals surface area contributed by atoms with Crippen LogP contribution in [-0.2, 0) is 6.42 Å². The molecule has 5 rings (SSSR count). The molecule has 0 fully saturated rings. The van der Waals surface area contributed by atoms with Gasteiger partial charge in [0.2, 0.25) is 0 Å². The molecule has 0 saturated carbocycles. The summed E-state index contributed by atoms with van der Waals surface area (Å²) in [5, 5.41) is 30.8. The smallest absolute Gasteiger partial charge is 0.139 e. The van der Waals surface area contributed by atoms with Crippen LogP contribution in [0.5, 0.6) is 11.5 Å². The van der Waals surface area contributed by atoms with E-state index in [-0.39, 0.29) is 5.75 Å². The molecule has 0 spiro atoms. The summed E-state index contributed by atoms with van der Waals surface area (Å²) < 4.78 is 5.57. The average molecular weight is 508 g/mol. The lowest BCUT2D eigenvalue weighted by atomic mass is 9.97. The number of aliphatic hydroxyl groups is 1. The standard InChI is InChI=1S/C32H33N3O3/c1-38-31-16-13-25(20-28(31)23-6-3-2-4-7-23)35-24-11-9-22(10-12-24)17-19-33-21-30(37)26-14-15-29(36)32-27(26)8-5-18-34-32/h2-16,20,30,33-37H,17-19,21H2,1H3/t30-/m0/s1. The number of methoxy groups -OCH3 is 1. The summed E-state index contributed by atoms with van der Waals surface area (Å²) in [4.78, 5) is 0. The Labute approximate surface area is 223 Å². The molecule has 4 aromatic rings. The molecule has 0 bridgehead atoms. The molecule has 1 aliphatic rings. The number of aromatic hydroxyl groups is 1. The number of hydrogen-bond donors (Lipinski definition) is 5. The molecule has 0 aliphatic carbocycles. The summed E-state index contributed by atoms with van der Waals surface area (Å²) in [5.74, 6) is 1.04. The first-order chi connectivity index (χ1) is 18.6. The zero-order valence-electron chi connectivity index (χ0n) is 21.4. The van der Waals surface area contributed by atoms with E-state index in [4.69, 9.17) is 4.74 Å². The van der Waals surface area contributed by atoms with Gasteiger partial charge in [-0.15, -0.1) is 0 Å². The van der Waals surface area contributed by atoms with Crippen LogP contribution in [0.15, 0.2) is 91.0 Å². The number of rotatable bonds is 10. The van der Waals surface area contributed by atoms with Crippen molar-refractivity contribution in [2.45, 2.75) is 12.5 Å². The molecule has 5 N–H and O–H groups in total. The van der Waals surface area contributed by atoms with Crippen LogP contribution in [0, 0.1) is 0 Å². The second-order valence-corrected chi connectivity index (χ2v) is 9.32. The third-order valence-corrected chi connectivity index (χ3v) is 6.75. The first kappa shape index (κ1) is 25.4. The van der Waals surface area contributed by atoms with Crippen LogP contribution in [-0.4, -0.2) is 37.0 Å². The Hall–Kier alpha value is -4.26. The topological polar surface area (TPSA) is 85.8 Å². The van der Waals surface area contributed by atoms with E-state index in [1.165, 1.54) is 5.56 Å². The molecule has 1 heterocycles. The van der Waals surface area contributed by atoms with Gasteiger partial charge in [0.15, 0.2) is 0 Å². The van der Waals surface area contributed by atoms with Crippen molar-refractivity contribution in [2.24, 2.45) is 0 Å². The maximum absolute atomic E-state index is 10.7. The van der Waals surface area contributed by atoms with Crippen molar-refractivity contribution in [3.63, 3.8) is 0 Å². The number of hydrogen-bond acceptors (Lipinski definition) is 6. The molecule has 6 nitrogen and oxygen atoms in total. The highest BCUT2D eigenvalue weighted by Crippen LogP contribution is 2.36. The van der Waals surface area contributed by atoms with Gasteiger partial charge in [0.1, 0.15) is 11.5 Å². The highest BCUT2D eigenvalue weighted by atomic mass is 16.5. The fourth-order valence-electron chi connectivity index (χ4n) is 4.75. The lowest BCUT2D eigenvalue weighted by Gasteiger charge is -2.21. The van der Waals surface area contributed by atoms with Gasteiger partial charge in [-0.1, -0.05) is 60.7 Å². The number of ether oxygens (including phenoxy) is 1. The number of phenolic OH excluding ortho intramolecular Hbond substituents is 1. The van der Waals surface area contributed by atoms with E-state index in [0.29, 0.717) is 18.8 Å². The molecule has 6 heteroatoms. The van der Waals surface area contributed by atoms with Crippen LogP contribution in [0.1, 0.15) is 22.8 Å². The Bertz CT molecular complexity index is 1400. The molecule has 1 aliphatic heterocycles. The molecule has 194 valence electrons. The first-order valence-electron chi connectivity index (χ1n) is 12.9. The highest BCUT2D eigenvalue weighted by molar-refractivity contribution is 5.78. The predicted molar refractivity (Wildman–Crippen MR) is 155 cm³/mol. The van der Waals surface area contributed by atoms with Gasteiger partial charge in [-0.25, -0.2) is 0 Å². The minimum absolute atomic E-state index is 0.204.